The Labute approximate surface area is 173 Å². The molecule has 0 unspecified atom stereocenters. The fourth-order valence-corrected chi connectivity index (χ4v) is 3.26. The highest BCUT2D eigenvalue weighted by molar-refractivity contribution is 7.86. The molecule has 154 valence electrons. The lowest BCUT2D eigenvalue weighted by Crippen LogP contribution is -1.97. The minimum absolute atomic E-state index is 0.220. The molecule has 11 heteroatoms. The number of aliphatic imine (C=N–C) groups is 2. The lowest BCUT2D eigenvalue weighted by Gasteiger charge is -1.99. The number of aromatic nitrogens is 1. The molecular weight excluding hydrogens is 430 g/mol. The molecule has 0 aliphatic carbocycles. The second-order valence-corrected chi connectivity index (χ2v) is 8.78. The van der Waals surface area contributed by atoms with E-state index in [0.29, 0.717) is 22.8 Å². The van der Waals surface area contributed by atoms with Crippen molar-refractivity contribution in [2.24, 2.45) is 9.98 Å². The summed E-state index contributed by atoms with van der Waals surface area (Å²) in [5.74, 6) is 0. The van der Waals surface area contributed by atoms with Gasteiger partial charge < -0.3 is 0 Å². The summed E-state index contributed by atoms with van der Waals surface area (Å²) in [5.41, 5.74) is 2.00. The molecule has 9 nitrogen and oxygen atoms in total. The summed E-state index contributed by atoms with van der Waals surface area (Å²) in [6.45, 7) is 0. The second-order valence-electron chi connectivity index (χ2n) is 5.94. The molecule has 3 rings (SSSR count). The zero-order chi connectivity index (χ0) is 21.8. The fourth-order valence-electron chi connectivity index (χ4n) is 2.30. The predicted octanol–water partition coefficient (Wildman–Crippen LogP) is 3.08. The maximum Gasteiger partial charge on any atom is 0.294 e. The third-order valence-electron chi connectivity index (χ3n) is 3.75. The van der Waals surface area contributed by atoms with Crippen molar-refractivity contribution in [2.75, 3.05) is 0 Å². The van der Waals surface area contributed by atoms with E-state index in [1.54, 1.807) is 18.2 Å². The molecule has 1 heterocycles. The minimum atomic E-state index is -4.25. The summed E-state index contributed by atoms with van der Waals surface area (Å²) < 4.78 is 62.1. The Morgan fingerprint density at radius 2 is 1.00 bits per heavy atom. The zero-order valence-corrected chi connectivity index (χ0v) is 16.8. The number of hydrogen-bond acceptors (Lipinski definition) is 7. The van der Waals surface area contributed by atoms with Gasteiger partial charge in [-0.3, -0.25) is 19.1 Å². The lowest BCUT2D eigenvalue weighted by molar-refractivity contribution is 0.481. The number of hydrogen-bond donors (Lipinski definition) is 2. The van der Waals surface area contributed by atoms with Crippen LogP contribution in [0.15, 0.2) is 86.5 Å². The quantitative estimate of drug-likeness (QED) is 0.438. The highest BCUT2D eigenvalue weighted by Gasteiger charge is 2.08. The number of rotatable bonds is 6. The Balaban J connectivity index is 1.73. The topological polar surface area (TPSA) is 146 Å². The van der Waals surface area contributed by atoms with E-state index in [-0.39, 0.29) is 9.79 Å². The number of benzene rings is 2. The lowest BCUT2D eigenvalue weighted by atomic mass is 10.3. The van der Waals surface area contributed by atoms with E-state index in [0.717, 1.165) is 0 Å². The van der Waals surface area contributed by atoms with E-state index in [9.17, 15) is 16.8 Å². The molecule has 2 N–H and O–H groups in total. The van der Waals surface area contributed by atoms with Crippen LogP contribution < -0.4 is 0 Å². The van der Waals surface area contributed by atoms with Gasteiger partial charge in [-0.15, -0.1) is 0 Å². The van der Waals surface area contributed by atoms with Crippen LogP contribution in [0.2, 0.25) is 0 Å². The van der Waals surface area contributed by atoms with Crippen LogP contribution in [0.4, 0.5) is 11.4 Å². The average Bonchev–Trinajstić information content (AvgIpc) is 2.70. The summed E-state index contributed by atoms with van der Waals surface area (Å²) >= 11 is 0. The van der Waals surface area contributed by atoms with Crippen LogP contribution in [0.3, 0.4) is 0 Å². The highest BCUT2D eigenvalue weighted by atomic mass is 32.2. The van der Waals surface area contributed by atoms with Gasteiger partial charge in [0.2, 0.25) is 0 Å². The Bertz CT molecular complexity index is 1210. The van der Waals surface area contributed by atoms with Gasteiger partial charge in [-0.2, -0.15) is 16.8 Å². The summed E-state index contributed by atoms with van der Waals surface area (Å²) in [6.07, 6.45) is 2.97. The summed E-state index contributed by atoms with van der Waals surface area (Å²) in [5, 5.41) is 0. The van der Waals surface area contributed by atoms with Crippen LogP contribution in [-0.4, -0.2) is 43.4 Å². The van der Waals surface area contributed by atoms with Crippen molar-refractivity contribution in [2.45, 2.75) is 9.79 Å². The van der Waals surface area contributed by atoms with Crippen LogP contribution in [0, 0.1) is 0 Å². The maximum absolute atomic E-state index is 11.0. The van der Waals surface area contributed by atoms with Gasteiger partial charge in [-0.05, 0) is 60.7 Å². The van der Waals surface area contributed by atoms with Crippen LogP contribution >= 0.6 is 0 Å². The van der Waals surface area contributed by atoms with Gasteiger partial charge in [0.15, 0.2) is 0 Å². The Morgan fingerprint density at radius 3 is 1.33 bits per heavy atom. The van der Waals surface area contributed by atoms with Crippen LogP contribution in [0.5, 0.6) is 0 Å². The molecule has 0 bridgehead atoms. The van der Waals surface area contributed by atoms with Crippen molar-refractivity contribution in [3.8, 4) is 0 Å². The predicted molar refractivity (Wildman–Crippen MR) is 111 cm³/mol. The third-order valence-corrected chi connectivity index (χ3v) is 5.49. The van der Waals surface area contributed by atoms with Crippen molar-refractivity contribution < 1.29 is 25.9 Å². The van der Waals surface area contributed by atoms with Crippen molar-refractivity contribution in [1.29, 1.82) is 0 Å². The Morgan fingerprint density at radius 1 is 0.633 bits per heavy atom. The van der Waals surface area contributed by atoms with Gasteiger partial charge >= 0.3 is 0 Å². The average molecular weight is 445 g/mol. The van der Waals surface area contributed by atoms with Gasteiger partial charge in [0, 0.05) is 0 Å². The largest absolute Gasteiger partial charge is 0.294 e. The van der Waals surface area contributed by atoms with Crippen molar-refractivity contribution >= 4 is 44.0 Å². The first-order valence-corrected chi connectivity index (χ1v) is 11.2. The number of nitrogens with zero attached hydrogens (tertiary/aromatic N) is 3. The maximum atomic E-state index is 11.0. The molecule has 30 heavy (non-hydrogen) atoms. The monoisotopic (exact) mass is 445 g/mol. The summed E-state index contributed by atoms with van der Waals surface area (Å²) in [7, 11) is -8.50. The SMILES string of the molecule is O=S(=O)(O)c1ccc(N=Cc2cccc(C=Nc3ccc(S(=O)(=O)O)cc3)n2)cc1. The van der Waals surface area contributed by atoms with E-state index in [4.69, 9.17) is 9.11 Å². The molecule has 0 radical (unpaired) electrons. The van der Waals surface area contributed by atoms with Gasteiger partial charge in [0.25, 0.3) is 20.2 Å². The Hall–Kier alpha value is -3.25. The van der Waals surface area contributed by atoms with Crippen molar-refractivity contribution in [3.63, 3.8) is 0 Å². The molecule has 1 aromatic heterocycles. The second kappa shape index (κ2) is 8.63. The summed E-state index contributed by atoms with van der Waals surface area (Å²) in [6, 6.07) is 15.9. The first kappa shape index (κ1) is 21.5. The standard InChI is InChI=1S/C19H15N3O6S2/c23-29(24,25)18-8-4-14(5-9-18)20-12-16-2-1-3-17(22-16)13-21-15-6-10-19(11-7-15)30(26,27)28/h1-13H,(H,23,24,25)(H,26,27,28). The molecule has 0 spiro atoms. The molecule has 0 fully saturated rings. The zero-order valence-electron chi connectivity index (χ0n) is 15.2. The van der Waals surface area contributed by atoms with Crippen LogP contribution in [0.25, 0.3) is 0 Å². The smallest absolute Gasteiger partial charge is 0.282 e. The van der Waals surface area contributed by atoms with E-state index >= 15 is 0 Å². The van der Waals surface area contributed by atoms with E-state index in [2.05, 4.69) is 15.0 Å². The molecule has 2 aromatic carbocycles. The molecule has 3 aromatic rings. The molecule has 0 saturated carbocycles. The fraction of sp³-hybridized carbons (Fsp3) is 0. The molecule has 0 aliphatic heterocycles. The van der Waals surface area contributed by atoms with E-state index in [1.807, 2.05) is 0 Å². The molecular formula is C19H15N3O6S2. The third kappa shape index (κ3) is 5.87. The normalized spacial score (nSPS) is 12.6. The van der Waals surface area contributed by atoms with Crippen LogP contribution in [-0.2, 0) is 20.2 Å². The van der Waals surface area contributed by atoms with Crippen molar-refractivity contribution in [3.05, 3.63) is 78.1 Å². The minimum Gasteiger partial charge on any atom is -0.282 e. The van der Waals surface area contributed by atoms with Gasteiger partial charge in [-0.1, -0.05) is 6.07 Å². The first-order chi connectivity index (χ1) is 14.1. The molecule has 0 amide bonds. The van der Waals surface area contributed by atoms with E-state index < -0.39 is 20.2 Å². The van der Waals surface area contributed by atoms with E-state index in [1.165, 1.54) is 61.0 Å². The highest BCUT2D eigenvalue weighted by Crippen LogP contribution is 2.17. The number of pyridine rings is 1. The van der Waals surface area contributed by atoms with Crippen LogP contribution in [0.1, 0.15) is 11.4 Å². The Kier molecular flexibility index (Phi) is 6.17. The van der Waals surface area contributed by atoms with Gasteiger partial charge in [-0.25, -0.2) is 4.98 Å². The molecule has 0 aliphatic rings. The summed E-state index contributed by atoms with van der Waals surface area (Å²) in [4.78, 5) is 12.3. The molecule has 0 saturated heterocycles. The van der Waals surface area contributed by atoms with Crippen molar-refractivity contribution in [1.82, 2.24) is 4.98 Å². The molecule has 0 atom stereocenters. The van der Waals surface area contributed by atoms with Gasteiger partial charge in [0.05, 0.1) is 45.0 Å². The first-order valence-electron chi connectivity index (χ1n) is 8.31. The van der Waals surface area contributed by atoms with Gasteiger partial charge in [0.1, 0.15) is 0 Å².